The Morgan fingerprint density at radius 3 is 2.63 bits per heavy atom. The van der Waals surface area contributed by atoms with Crippen LogP contribution in [-0.2, 0) is 10.0 Å². The minimum atomic E-state index is -4.30. The molecule has 10 heteroatoms. The molecule has 19 heavy (non-hydrogen) atoms. The van der Waals surface area contributed by atoms with E-state index in [0.29, 0.717) is 4.47 Å². The van der Waals surface area contributed by atoms with Gasteiger partial charge in [0, 0.05) is 23.6 Å². The third-order valence-corrected chi connectivity index (χ3v) is 3.99. The summed E-state index contributed by atoms with van der Waals surface area (Å²) in [6.07, 6.45) is -4.38. The van der Waals surface area contributed by atoms with Crippen LogP contribution >= 0.6 is 15.9 Å². The molecule has 5 nitrogen and oxygen atoms in total. The predicted octanol–water partition coefficient (Wildman–Crippen LogP) is 2.05. The molecular formula is C9H11BrF3N3O2S. The first-order valence-electron chi connectivity index (χ1n) is 5.09. The monoisotopic (exact) mass is 361 g/mol. The van der Waals surface area contributed by atoms with E-state index in [0.717, 1.165) is 0 Å². The smallest absolute Gasteiger partial charge is 0.383 e. The normalized spacial score (nSPS) is 12.6. The minimum Gasteiger partial charge on any atom is -0.383 e. The van der Waals surface area contributed by atoms with E-state index in [4.69, 9.17) is 5.73 Å². The summed E-state index contributed by atoms with van der Waals surface area (Å²) in [6, 6.07) is 1.23. The second-order valence-corrected chi connectivity index (χ2v) is 6.30. The summed E-state index contributed by atoms with van der Waals surface area (Å²) in [4.78, 5) is 3.37. The fourth-order valence-electron chi connectivity index (χ4n) is 1.22. The Morgan fingerprint density at radius 1 is 1.42 bits per heavy atom. The molecule has 0 unspecified atom stereocenters. The van der Waals surface area contributed by atoms with Gasteiger partial charge < -0.3 is 5.73 Å². The first-order valence-corrected chi connectivity index (χ1v) is 7.37. The lowest BCUT2D eigenvalue weighted by molar-refractivity contribution is -0.135. The summed E-state index contributed by atoms with van der Waals surface area (Å²) in [7, 11) is -3.97. The fourth-order valence-corrected chi connectivity index (χ4v) is 2.88. The molecule has 1 rings (SSSR count). The summed E-state index contributed by atoms with van der Waals surface area (Å²) in [6.45, 7) is -0.326. The van der Waals surface area contributed by atoms with Crippen molar-refractivity contribution in [2.75, 3.05) is 12.3 Å². The van der Waals surface area contributed by atoms with Crippen molar-refractivity contribution in [3.63, 3.8) is 0 Å². The summed E-state index contributed by atoms with van der Waals surface area (Å²) < 4.78 is 61.7. The summed E-state index contributed by atoms with van der Waals surface area (Å²) in [5.41, 5.74) is 5.42. The number of hydrogen-bond acceptors (Lipinski definition) is 4. The summed E-state index contributed by atoms with van der Waals surface area (Å²) in [5, 5.41) is 0. The average molecular weight is 362 g/mol. The zero-order valence-electron chi connectivity index (χ0n) is 9.54. The van der Waals surface area contributed by atoms with Gasteiger partial charge in [-0.15, -0.1) is 0 Å². The van der Waals surface area contributed by atoms with Crippen molar-refractivity contribution in [1.82, 2.24) is 9.71 Å². The molecule has 0 aliphatic carbocycles. The van der Waals surface area contributed by atoms with Crippen LogP contribution in [0.3, 0.4) is 0 Å². The molecule has 1 aromatic heterocycles. The third-order valence-electron chi connectivity index (χ3n) is 2.07. The van der Waals surface area contributed by atoms with Crippen LogP contribution in [0.5, 0.6) is 0 Å². The number of alkyl halides is 3. The van der Waals surface area contributed by atoms with Crippen molar-refractivity contribution in [1.29, 1.82) is 0 Å². The number of pyridine rings is 1. The van der Waals surface area contributed by atoms with E-state index in [2.05, 4.69) is 20.9 Å². The SMILES string of the molecule is Nc1ncc(Br)cc1S(=O)(=O)NCCCC(F)(F)F. The molecule has 0 aliphatic heterocycles. The number of hydrogen-bond donors (Lipinski definition) is 2. The van der Waals surface area contributed by atoms with E-state index >= 15 is 0 Å². The molecule has 0 atom stereocenters. The van der Waals surface area contributed by atoms with E-state index in [1.807, 2.05) is 4.72 Å². The first-order chi connectivity index (χ1) is 8.62. The number of nitrogens with one attached hydrogen (secondary N) is 1. The van der Waals surface area contributed by atoms with Gasteiger partial charge in [-0.1, -0.05) is 0 Å². The van der Waals surface area contributed by atoms with Crippen LogP contribution < -0.4 is 10.5 Å². The standard InChI is InChI=1S/C9H11BrF3N3O2S/c10-6-4-7(8(14)15-5-6)19(17,18)16-3-1-2-9(11,12)13/h4-5,16H,1-3H2,(H2,14,15). The molecule has 1 heterocycles. The minimum absolute atomic E-state index is 0.216. The van der Waals surface area contributed by atoms with Crippen molar-refractivity contribution in [2.24, 2.45) is 0 Å². The maximum Gasteiger partial charge on any atom is 0.389 e. The Hall–Kier alpha value is -0.870. The van der Waals surface area contributed by atoms with Gasteiger partial charge in [-0.2, -0.15) is 13.2 Å². The first kappa shape index (κ1) is 16.2. The lowest BCUT2D eigenvalue weighted by atomic mass is 10.3. The van der Waals surface area contributed by atoms with Crippen LogP contribution in [0.15, 0.2) is 21.6 Å². The van der Waals surface area contributed by atoms with Crippen LogP contribution in [0.4, 0.5) is 19.0 Å². The molecule has 1 aromatic rings. The van der Waals surface area contributed by atoms with Crippen molar-refractivity contribution in [2.45, 2.75) is 23.9 Å². The van der Waals surface area contributed by atoms with Gasteiger partial charge in [0.15, 0.2) is 0 Å². The fraction of sp³-hybridized carbons (Fsp3) is 0.444. The molecule has 0 amide bonds. The highest BCUT2D eigenvalue weighted by Crippen LogP contribution is 2.22. The van der Waals surface area contributed by atoms with Crippen molar-refractivity contribution in [3.05, 3.63) is 16.7 Å². The third kappa shape index (κ3) is 5.33. The van der Waals surface area contributed by atoms with Crippen molar-refractivity contribution in [3.8, 4) is 0 Å². The molecule has 0 bridgehead atoms. The van der Waals surface area contributed by atoms with Gasteiger partial charge in [-0.25, -0.2) is 18.1 Å². The van der Waals surface area contributed by atoms with E-state index in [9.17, 15) is 21.6 Å². The maximum atomic E-state index is 11.9. The summed E-state index contributed by atoms with van der Waals surface area (Å²) >= 11 is 3.04. The van der Waals surface area contributed by atoms with Crippen LogP contribution in [0.2, 0.25) is 0 Å². The Kier molecular flexibility index (Phi) is 5.16. The molecule has 0 aromatic carbocycles. The van der Waals surface area contributed by atoms with Gasteiger partial charge >= 0.3 is 6.18 Å². The topological polar surface area (TPSA) is 85.1 Å². The number of nitrogens with two attached hydrogens (primary N) is 1. The number of anilines is 1. The Morgan fingerprint density at radius 2 is 2.05 bits per heavy atom. The zero-order chi connectivity index (χ0) is 14.7. The summed E-state index contributed by atoms with van der Waals surface area (Å²) in [5.74, 6) is -0.216. The zero-order valence-corrected chi connectivity index (χ0v) is 11.9. The average Bonchev–Trinajstić information content (AvgIpc) is 2.26. The Labute approximate surface area is 116 Å². The highest BCUT2D eigenvalue weighted by molar-refractivity contribution is 9.10. The van der Waals surface area contributed by atoms with E-state index < -0.39 is 22.6 Å². The molecule has 108 valence electrons. The number of halogens is 4. The Bertz CT molecular complexity index is 548. The maximum absolute atomic E-state index is 11.9. The van der Waals surface area contributed by atoms with Gasteiger partial charge in [0.1, 0.15) is 10.7 Å². The molecule has 0 saturated carbocycles. The van der Waals surface area contributed by atoms with Gasteiger partial charge in [0.25, 0.3) is 0 Å². The number of sulfonamides is 1. The highest BCUT2D eigenvalue weighted by Gasteiger charge is 2.26. The number of rotatable bonds is 5. The van der Waals surface area contributed by atoms with E-state index in [1.54, 1.807) is 0 Å². The second kappa shape index (κ2) is 6.06. The molecular weight excluding hydrogens is 351 g/mol. The number of nitrogen functional groups attached to an aromatic ring is 1. The van der Waals surface area contributed by atoms with Crippen molar-refractivity contribution >= 4 is 31.8 Å². The van der Waals surface area contributed by atoms with E-state index in [1.165, 1.54) is 12.3 Å². The second-order valence-electron chi connectivity index (χ2n) is 3.65. The van der Waals surface area contributed by atoms with Gasteiger partial charge in [0.05, 0.1) is 0 Å². The van der Waals surface area contributed by atoms with Crippen LogP contribution in [0.25, 0.3) is 0 Å². The largest absolute Gasteiger partial charge is 0.389 e. The number of aromatic nitrogens is 1. The number of nitrogens with zero attached hydrogens (tertiary/aromatic N) is 1. The van der Waals surface area contributed by atoms with Crippen LogP contribution in [-0.4, -0.2) is 26.1 Å². The molecule has 0 saturated heterocycles. The highest BCUT2D eigenvalue weighted by atomic mass is 79.9. The van der Waals surface area contributed by atoms with Gasteiger partial charge in [-0.3, -0.25) is 0 Å². The molecule has 3 N–H and O–H groups in total. The quantitative estimate of drug-likeness (QED) is 0.786. The Balaban J connectivity index is 2.69. The molecule has 0 fully saturated rings. The lowest BCUT2D eigenvalue weighted by Crippen LogP contribution is -2.26. The van der Waals surface area contributed by atoms with Gasteiger partial charge in [-0.05, 0) is 28.4 Å². The van der Waals surface area contributed by atoms with E-state index in [-0.39, 0.29) is 23.7 Å². The lowest BCUT2D eigenvalue weighted by Gasteiger charge is -2.09. The van der Waals surface area contributed by atoms with Crippen molar-refractivity contribution < 1.29 is 21.6 Å². The van der Waals surface area contributed by atoms with Crippen LogP contribution in [0.1, 0.15) is 12.8 Å². The predicted molar refractivity (Wildman–Crippen MR) is 66.8 cm³/mol. The molecule has 0 radical (unpaired) electrons. The molecule has 0 aliphatic rings. The van der Waals surface area contributed by atoms with Crippen LogP contribution in [0, 0.1) is 0 Å². The van der Waals surface area contributed by atoms with Gasteiger partial charge in [0.2, 0.25) is 10.0 Å². The molecule has 0 spiro atoms.